The second kappa shape index (κ2) is 5.71. The Morgan fingerprint density at radius 1 is 1.42 bits per heavy atom. The number of anilines is 1. The van der Waals surface area contributed by atoms with Gasteiger partial charge in [0.1, 0.15) is 0 Å². The predicted molar refractivity (Wildman–Crippen MR) is 76.0 cm³/mol. The number of nitrogen functional groups attached to an aromatic ring is 1. The summed E-state index contributed by atoms with van der Waals surface area (Å²) in [7, 11) is 0. The molecule has 0 bridgehead atoms. The summed E-state index contributed by atoms with van der Waals surface area (Å²) in [6.45, 7) is 2.38. The predicted octanol–water partition coefficient (Wildman–Crippen LogP) is 2.56. The zero-order valence-corrected chi connectivity index (χ0v) is 11.2. The molecule has 3 N–H and O–H groups in total. The third-order valence-corrected chi connectivity index (χ3v) is 3.20. The highest BCUT2D eigenvalue weighted by atomic mass is 35.5. The molecule has 0 aliphatic carbocycles. The molecule has 2 aromatic rings. The molecule has 19 heavy (non-hydrogen) atoms. The van der Waals surface area contributed by atoms with Crippen LogP contribution in [0.3, 0.4) is 0 Å². The fraction of sp³-hybridized carbons (Fsp3) is 0.143. The third-order valence-electron chi connectivity index (χ3n) is 2.87. The Morgan fingerprint density at radius 3 is 2.95 bits per heavy atom. The van der Waals surface area contributed by atoms with E-state index in [4.69, 9.17) is 17.3 Å². The topological polar surface area (TPSA) is 68.0 Å². The number of carbonyl (C=O) groups excluding carboxylic acids is 1. The number of nitrogens with one attached hydrogen (secondary N) is 1. The number of aryl methyl sites for hydroxylation is 1. The van der Waals surface area contributed by atoms with Crippen LogP contribution in [0.5, 0.6) is 0 Å². The number of rotatable bonds is 3. The summed E-state index contributed by atoms with van der Waals surface area (Å²) in [5.41, 5.74) is 8.51. The molecule has 0 saturated carbocycles. The van der Waals surface area contributed by atoms with Crippen molar-refractivity contribution in [2.24, 2.45) is 0 Å². The van der Waals surface area contributed by atoms with Gasteiger partial charge in [0.25, 0.3) is 5.91 Å². The van der Waals surface area contributed by atoms with E-state index in [0.29, 0.717) is 22.8 Å². The number of amides is 1. The van der Waals surface area contributed by atoms with E-state index in [1.165, 1.54) is 0 Å². The van der Waals surface area contributed by atoms with E-state index in [2.05, 4.69) is 10.3 Å². The standard InChI is InChI=1S/C14H14ClN3O/c1-9-7-17-6-5-10(9)8-18-14(19)11-3-2-4-12(15)13(11)16/h2-7H,8,16H2,1H3,(H,18,19). The van der Waals surface area contributed by atoms with Crippen molar-refractivity contribution in [3.8, 4) is 0 Å². The lowest BCUT2D eigenvalue weighted by Gasteiger charge is -2.09. The van der Waals surface area contributed by atoms with Crippen LogP contribution in [0.25, 0.3) is 0 Å². The average molecular weight is 276 g/mol. The lowest BCUT2D eigenvalue weighted by Crippen LogP contribution is -2.24. The fourth-order valence-electron chi connectivity index (χ4n) is 1.71. The summed E-state index contributed by atoms with van der Waals surface area (Å²) in [6, 6.07) is 6.87. The summed E-state index contributed by atoms with van der Waals surface area (Å²) >= 11 is 5.89. The minimum Gasteiger partial charge on any atom is -0.397 e. The fourth-order valence-corrected chi connectivity index (χ4v) is 1.88. The van der Waals surface area contributed by atoms with Gasteiger partial charge >= 0.3 is 0 Å². The van der Waals surface area contributed by atoms with Crippen molar-refractivity contribution in [3.63, 3.8) is 0 Å². The molecule has 1 aromatic heterocycles. The first-order valence-corrected chi connectivity index (χ1v) is 6.19. The van der Waals surface area contributed by atoms with Crippen molar-refractivity contribution >= 4 is 23.2 Å². The van der Waals surface area contributed by atoms with Crippen molar-refractivity contribution in [1.29, 1.82) is 0 Å². The van der Waals surface area contributed by atoms with E-state index in [-0.39, 0.29) is 5.91 Å². The van der Waals surface area contributed by atoms with Gasteiger partial charge in [0.2, 0.25) is 0 Å². The van der Waals surface area contributed by atoms with Gasteiger partial charge in [-0.2, -0.15) is 0 Å². The van der Waals surface area contributed by atoms with E-state index in [9.17, 15) is 4.79 Å². The highest BCUT2D eigenvalue weighted by Gasteiger charge is 2.11. The van der Waals surface area contributed by atoms with Gasteiger partial charge in [-0.1, -0.05) is 17.7 Å². The van der Waals surface area contributed by atoms with Gasteiger partial charge in [-0.05, 0) is 36.2 Å². The molecule has 1 heterocycles. The number of nitrogens with zero attached hydrogens (tertiary/aromatic N) is 1. The maximum absolute atomic E-state index is 12.0. The summed E-state index contributed by atoms with van der Waals surface area (Å²) in [5.74, 6) is -0.240. The van der Waals surface area contributed by atoms with Gasteiger partial charge in [0, 0.05) is 18.9 Å². The maximum atomic E-state index is 12.0. The van der Waals surface area contributed by atoms with E-state index in [1.54, 1.807) is 30.6 Å². The molecule has 0 atom stereocenters. The van der Waals surface area contributed by atoms with Crippen LogP contribution in [0, 0.1) is 6.92 Å². The molecule has 1 aromatic carbocycles. The minimum absolute atomic E-state index is 0.240. The largest absolute Gasteiger partial charge is 0.397 e. The molecular weight excluding hydrogens is 262 g/mol. The molecule has 0 unspecified atom stereocenters. The van der Waals surface area contributed by atoms with E-state index < -0.39 is 0 Å². The smallest absolute Gasteiger partial charge is 0.253 e. The quantitative estimate of drug-likeness (QED) is 0.846. The first kappa shape index (κ1) is 13.4. The van der Waals surface area contributed by atoms with Crippen LogP contribution >= 0.6 is 11.6 Å². The second-order valence-corrected chi connectivity index (χ2v) is 4.59. The summed E-state index contributed by atoms with van der Waals surface area (Å²) < 4.78 is 0. The first-order chi connectivity index (χ1) is 9.09. The van der Waals surface area contributed by atoms with Crippen LogP contribution in [0.2, 0.25) is 5.02 Å². The number of para-hydroxylation sites is 1. The number of hydrogen-bond acceptors (Lipinski definition) is 3. The Kier molecular flexibility index (Phi) is 4.02. The van der Waals surface area contributed by atoms with Crippen molar-refractivity contribution in [1.82, 2.24) is 10.3 Å². The number of halogens is 1. The highest BCUT2D eigenvalue weighted by Crippen LogP contribution is 2.22. The Hall–Kier alpha value is -2.07. The molecule has 0 fully saturated rings. The lowest BCUT2D eigenvalue weighted by molar-refractivity contribution is 0.0952. The number of pyridine rings is 1. The number of aromatic nitrogens is 1. The first-order valence-electron chi connectivity index (χ1n) is 5.81. The molecule has 2 rings (SSSR count). The van der Waals surface area contributed by atoms with E-state index in [1.807, 2.05) is 13.0 Å². The molecule has 0 spiro atoms. The van der Waals surface area contributed by atoms with Gasteiger partial charge < -0.3 is 11.1 Å². The summed E-state index contributed by atoms with van der Waals surface area (Å²) in [6.07, 6.45) is 3.46. The van der Waals surface area contributed by atoms with Crippen molar-refractivity contribution < 1.29 is 4.79 Å². The molecule has 98 valence electrons. The van der Waals surface area contributed by atoms with Gasteiger partial charge in [-0.3, -0.25) is 9.78 Å². The number of nitrogens with two attached hydrogens (primary N) is 1. The van der Waals surface area contributed by atoms with Crippen LogP contribution in [0.4, 0.5) is 5.69 Å². The van der Waals surface area contributed by atoms with Crippen molar-refractivity contribution in [3.05, 3.63) is 58.4 Å². The molecule has 5 heteroatoms. The van der Waals surface area contributed by atoms with Crippen LogP contribution < -0.4 is 11.1 Å². The van der Waals surface area contributed by atoms with Crippen LogP contribution in [0.15, 0.2) is 36.7 Å². The molecule has 1 amide bonds. The minimum atomic E-state index is -0.240. The molecule has 0 radical (unpaired) electrons. The van der Waals surface area contributed by atoms with Gasteiger partial charge in [-0.25, -0.2) is 0 Å². The molecule has 0 aliphatic heterocycles. The van der Waals surface area contributed by atoms with Crippen LogP contribution in [0.1, 0.15) is 21.5 Å². The monoisotopic (exact) mass is 275 g/mol. The van der Waals surface area contributed by atoms with E-state index in [0.717, 1.165) is 11.1 Å². The summed E-state index contributed by atoms with van der Waals surface area (Å²) in [5, 5.41) is 3.20. The lowest BCUT2D eigenvalue weighted by atomic mass is 10.1. The normalized spacial score (nSPS) is 10.2. The zero-order chi connectivity index (χ0) is 13.8. The molecule has 4 nitrogen and oxygen atoms in total. The van der Waals surface area contributed by atoms with E-state index >= 15 is 0 Å². The second-order valence-electron chi connectivity index (χ2n) is 4.19. The highest BCUT2D eigenvalue weighted by molar-refractivity contribution is 6.33. The summed E-state index contributed by atoms with van der Waals surface area (Å²) in [4.78, 5) is 16.0. The molecule has 0 saturated heterocycles. The van der Waals surface area contributed by atoms with Gasteiger partial charge in [0.15, 0.2) is 0 Å². The third kappa shape index (κ3) is 3.03. The number of hydrogen-bond donors (Lipinski definition) is 2. The van der Waals surface area contributed by atoms with Crippen molar-refractivity contribution in [2.45, 2.75) is 13.5 Å². The Morgan fingerprint density at radius 2 is 2.21 bits per heavy atom. The number of carbonyl (C=O) groups is 1. The Balaban J connectivity index is 2.10. The average Bonchev–Trinajstić information content (AvgIpc) is 2.40. The van der Waals surface area contributed by atoms with Gasteiger partial charge in [-0.15, -0.1) is 0 Å². The Bertz CT molecular complexity index is 613. The van der Waals surface area contributed by atoms with Crippen LogP contribution in [-0.2, 0) is 6.54 Å². The van der Waals surface area contributed by atoms with Crippen LogP contribution in [-0.4, -0.2) is 10.9 Å². The zero-order valence-electron chi connectivity index (χ0n) is 10.5. The van der Waals surface area contributed by atoms with Crippen molar-refractivity contribution in [2.75, 3.05) is 5.73 Å². The maximum Gasteiger partial charge on any atom is 0.253 e. The SMILES string of the molecule is Cc1cnccc1CNC(=O)c1cccc(Cl)c1N. The molecule has 0 aliphatic rings. The Labute approximate surface area is 116 Å². The molecular formula is C14H14ClN3O. The van der Waals surface area contributed by atoms with Gasteiger partial charge in [0.05, 0.1) is 16.3 Å². The number of benzene rings is 1.